The molecule has 3 aliphatic rings. The standard InChI is InChI=1S/C20H24O4/c1-20-8-7-12-13(16(20)5-6-18(20)21)4-3-11-9-17(24-2)15(19(22)23)10-14(11)12/h9-10,12-13,16H,3-8H2,1-2H3,(H,22,23)/t12?,13-,16?,20?/m0/s1. The first-order valence-corrected chi connectivity index (χ1v) is 8.93. The highest BCUT2D eigenvalue weighted by Gasteiger charge is 2.54. The summed E-state index contributed by atoms with van der Waals surface area (Å²) in [5.41, 5.74) is 2.53. The fourth-order valence-electron chi connectivity index (χ4n) is 5.71. The lowest BCUT2D eigenvalue weighted by molar-refractivity contribution is -0.129. The van der Waals surface area contributed by atoms with Gasteiger partial charge in [0.25, 0.3) is 0 Å². The molecule has 4 atom stereocenters. The van der Waals surface area contributed by atoms with E-state index in [0.717, 1.165) is 38.5 Å². The molecular formula is C20H24O4. The van der Waals surface area contributed by atoms with E-state index in [0.29, 0.717) is 29.3 Å². The molecule has 1 aromatic rings. The smallest absolute Gasteiger partial charge is 0.339 e. The van der Waals surface area contributed by atoms with Gasteiger partial charge in [0, 0.05) is 11.8 Å². The van der Waals surface area contributed by atoms with Gasteiger partial charge in [0.2, 0.25) is 0 Å². The number of hydrogen-bond donors (Lipinski definition) is 1. The van der Waals surface area contributed by atoms with E-state index in [1.807, 2.05) is 12.1 Å². The first-order valence-electron chi connectivity index (χ1n) is 8.93. The summed E-state index contributed by atoms with van der Waals surface area (Å²) in [5, 5.41) is 9.50. The number of ether oxygens (including phenoxy) is 1. The molecule has 0 amide bonds. The zero-order valence-electron chi connectivity index (χ0n) is 14.3. The minimum Gasteiger partial charge on any atom is -0.496 e. The predicted molar refractivity (Wildman–Crippen MR) is 89.6 cm³/mol. The van der Waals surface area contributed by atoms with Crippen molar-refractivity contribution in [1.82, 2.24) is 0 Å². The molecule has 2 fully saturated rings. The molecule has 24 heavy (non-hydrogen) atoms. The zero-order valence-corrected chi connectivity index (χ0v) is 14.3. The van der Waals surface area contributed by atoms with Gasteiger partial charge < -0.3 is 9.84 Å². The predicted octanol–water partition coefficient (Wildman–Crippen LogP) is 3.82. The molecule has 4 nitrogen and oxygen atoms in total. The second kappa shape index (κ2) is 5.33. The van der Waals surface area contributed by atoms with Crippen LogP contribution in [0.15, 0.2) is 12.1 Å². The van der Waals surface area contributed by atoms with Crippen LogP contribution in [0.4, 0.5) is 0 Å². The van der Waals surface area contributed by atoms with Gasteiger partial charge in [-0.15, -0.1) is 0 Å². The maximum atomic E-state index is 12.4. The number of aromatic carboxylic acids is 1. The molecule has 3 aliphatic carbocycles. The van der Waals surface area contributed by atoms with Crippen LogP contribution in [0.1, 0.15) is 66.4 Å². The Hall–Kier alpha value is -1.84. The maximum absolute atomic E-state index is 12.4. The summed E-state index contributed by atoms with van der Waals surface area (Å²) < 4.78 is 5.28. The number of carboxylic acids is 1. The van der Waals surface area contributed by atoms with Crippen molar-refractivity contribution in [3.63, 3.8) is 0 Å². The van der Waals surface area contributed by atoms with Crippen molar-refractivity contribution in [2.45, 2.75) is 51.4 Å². The Balaban J connectivity index is 1.76. The molecular weight excluding hydrogens is 304 g/mol. The fourth-order valence-corrected chi connectivity index (χ4v) is 5.71. The number of fused-ring (bicyclic) bond motifs is 5. The minimum absolute atomic E-state index is 0.138. The van der Waals surface area contributed by atoms with Gasteiger partial charge >= 0.3 is 5.97 Å². The van der Waals surface area contributed by atoms with Crippen molar-refractivity contribution in [1.29, 1.82) is 0 Å². The molecule has 2 saturated carbocycles. The minimum atomic E-state index is -0.937. The number of Topliss-reactive ketones (excluding diaryl/α,β-unsaturated/α-hetero) is 1. The Morgan fingerprint density at radius 1 is 1.25 bits per heavy atom. The van der Waals surface area contributed by atoms with E-state index >= 15 is 0 Å². The van der Waals surface area contributed by atoms with Crippen LogP contribution < -0.4 is 4.74 Å². The topological polar surface area (TPSA) is 63.6 Å². The van der Waals surface area contributed by atoms with Crippen LogP contribution in [-0.4, -0.2) is 24.0 Å². The van der Waals surface area contributed by atoms with Gasteiger partial charge in [0.15, 0.2) is 0 Å². The Labute approximate surface area is 142 Å². The Bertz CT molecular complexity index is 723. The van der Waals surface area contributed by atoms with Crippen LogP contribution in [0.25, 0.3) is 0 Å². The molecule has 0 radical (unpaired) electrons. The van der Waals surface area contributed by atoms with Gasteiger partial charge in [-0.25, -0.2) is 4.79 Å². The van der Waals surface area contributed by atoms with E-state index in [1.165, 1.54) is 18.2 Å². The van der Waals surface area contributed by atoms with Crippen molar-refractivity contribution >= 4 is 11.8 Å². The Morgan fingerprint density at radius 3 is 2.75 bits per heavy atom. The molecule has 3 unspecified atom stereocenters. The van der Waals surface area contributed by atoms with Gasteiger partial charge in [0.1, 0.15) is 17.1 Å². The highest BCUT2D eigenvalue weighted by atomic mass is 16.5. The molecule has 128 valence electrons. The summed E-state index contributed by atoms with van der Waals surface area (Å²) >= 11 is 0. The van der Waals surface area contributed by atoms with Gasteiger partial charge in [-0.1, -0.05) is 6.92 Å². The third-order valence-corrected chi connectivity index (χ3v) is 6.98. The number of rotatable bonds is 2. The van der Waals surface area contributed by atoms with Crippen LogP contribution in [0.3, 0.4) is 0 Å². The van der Waals surface area contributed by atoms with Crippen molar-refractivity contribution in [2.24, 2.45) is 17.3 Å². The molecule has 1 aromatic carbocycles. The maximum Gasteiger partial charge on any atom is 0.339 e. The third-order valence-electron chi connectivity index (χ3n) is 6.98. The van der Waals surface area contributed by atoms with Gasteiger partial charge in [0.05, 0.1) is 7.11 Å². The Morgan fingerprint density at radius 2 is 2.04 bits per heavy atom. The number of carbonyl (C=O) groups is 2. The zero-order chi connectivity index (χ0) is 17.1. The van der Waals surface area contributed by atoms with E-state index in [4.69, 9.17) is 4.74 Å². The Kier molecular flexibility index (Phi) is 3.48. The van der Waals surface area contributed by atoms with Crippen molar-refractivity contribution < 1.29 is 19.4 Å². The quantitative estimate of drug-likeness (QED) is 0.896. The fraction of sp³-hybridized carbons (Fsp3) is 0.600. The highest BCUT2D eigenvalue weighted by Crippen LogP contribution is 2.59. The van der Waals surface area contributed by atoms with Crippen molar-refractivity contribution in [3.05, 3.63) is 28.8 Å². The van der Waals surface area contributed by atoms with E-state index in [9.17, 15) is 14.7 Å². The number of ketones is 1. The van der Waals surface area contributed by atoms with Crippen LogP contribution >= 0.6 is 0 Å². The number of benzene rings is 1. The largest absolute Gasteiger partial charge is 0.496 e. The third kappa shape index (κ3) is 2.04. The van der Waals surface area contributed by atoms with E-state index in [1.54, 1.807) is 0 Å². The summed E-state index contributed by atoms with van der Waals surface area (Å²) in [6.45, 7) is 2.16. The molecule has 0 aromatic heterocycles. The van der Waals surface area contributed by atoms with E-state index in [-0.39, 0.29) is 11.0 Å². The summed E-state index contributed by atoms with van der Waals surface area (Å²) in [7, 11) is 1.52. The number of hydrogen-bond acceptors (Lipinski definition) is 3. The molecule has 0 spiro atoms. The molecule has 0 heterocycles. The monoisotopic (exact) mass is 328 g/mol. The summed E-state index contributed by atoms with van der Waals surface area (Å²) in [5.74, 6) is 1.33. The second-order valence-electron chi connectivity index (χ2n) is 7.89. The van der Waals surface area contributed by atoms with Crippen molar-refractivity contribution in [3.8, 4) is 5.75 Å². The molecule has 4 rings (SSSR count). The van der Waals surface area contributed by atoms with E-state index < -0.39 is 5.97 Å². The van der Waals surface area contributed by atoms with E-state index in [2.05, 4.69) is 6.92 Å². The normalized spacial score (nSPS) is 34.2. The summed E-state index contributed by atoms with van der Waals surface area (Å²) in [4.78, 5) is 24.0. The number of aryl methyl sites for hydroxylation is 1. The highest BCUT2D eigenvalue weighted by molar-refractivity contribution is 5.91. The second-order valence-corrected chi connectivity index (χ2v) is 7.89. The van der Waals surface area contributed by atoms with Gasteiger partial charge in [-0.05, 0) is 73.1 Å². The number of carboxylic acid groups (broad SMARTS) is 1. The SMILES string of the molecule is COc1cc2c(cc1C(=O)O)C1CCC3(C)C(=O)CCC3[C@H]1CC2. The number of carbonyl (C=O) groups excluding carboxylic acids is 1. The average Bonchev–Trinajstić information content (AvgIpc) is 2.88. The molecule has 0 saturated heterocycles. The van der Waals surface area contributed by atoms with Crippen LogP contribution in [0.5, 0.6) is 5.75 Å². The molecule has 4 heteroatoms. The number of methoxy groups -OCH3 is 1. The van der Waals surface area contributed by atoms with Crippen LogP contribution in [0.2, 0.25) is 0 Å². The lowest BCUT2D eigenvalue weighted by atomic mass is 9.55. The molecule has 0 bridgehead atoms. The first kappa shape index (κ1) is 15.7. The average molecular weight is 328 g/mol. The van der Waals surface area contributed by atoms with Gasteiger partial charge in [-0.3, -0.25) is 4.79 Å². The van der Waals surface area contributed by atoms with Crippen LogP contribution in [0, 0.1) is 17.3 Å². The first-order chi connectivity index (χ1) is 11.5. The molecule has 0 aliphatic heterocycles. The lowest BCUT2D eigenvalue weighted by Gasteiger charge is -2.48. The van der Waals surface area contributed by atoms with Crippen LogP contribution in [-0.2, 0) is 11.2 Å². The summed E-state index contributed by atoms with van der Waals surface area (Å²) in [6, 6.07) is 3.76. The van der Waals surface area contributed by atoms with Crippen molar-refractivity contribution in [2.75, 3.05) is 7.11 Å². The molecule has 1 N–H and O–H groups in total. The van der Waals surface area contributed by atoms with Gasteiger partial charge in [-0.2, -0.15) is 0 Å². The lowest BCUT2D eigenvalue weighted by Crippen LogP contribution is -2.42. The summed E-state index contributed by atoms with van der Waals surface area (Å²) in [6.07, 6.45) is 5.70.